The fraction of sp³-hybridized carbons (Fsp3) is 0. The second kappa shape index (κ2) is 6.14. The van der Waals surface area contributed by atoms with Crippen molar-refractivity contribution < 1.29 is 0 Å². The van der Waals surface area contributed by atoms with Crippen LogP contribution in [-0.2, 0) is 0 Å². The van der Waals surface area contributed by atoms with Crippen LogP contribution < -0.4 is 11.1 Å². The molecule has 0 fully saturated rings. The standard InChI is InChI=1S/C22H17N5/c23-18-7-9-19(10-8-18)25-21-22-26-20(14-27(22)12-11-24-21)17-6-5-15-3-1-2-4-16(15)13-17/h1-14H,23H2,(H,24,25). The van der Waals surface area contributed by atoms with Crippen LogP contribution in [0.2, 0.25) is 0 Å². The second-order valence-corrected chi connectivity index (χ2v) is 6.44. The van der Waals surface area contributed by atoms with Crippen molar-refractivity contribution in [3.8, 4) is 11.3 Å². The van der Waals surface area contributed by atoms with E-state index in [9.17, 15) is 0 Å². The molecule has 0 atom stereocenters. The minimum atomic E-state index is 0.703. The summed E-state index contributed by atoms with van der Waals surface area (Å²) >= 11 is 0. The van der Waals surface area contributed by atoms with Crippen molar-refractivity contribution in [2.45, 2.75) is 0 Å². The number of benzene rings is 3. The summed E-state index contributed by atoms with van der Waals surface area (Å²) in [6, 6.07) is 22.3. The van der Waals surface area contributed by atoms with Crippen LogP contribution in [0.1, 0.15) is 0 Å². The lowest BCUT2D eigenvalue weighted by atomic mass is 10.1. The van der Waals surface area contributed by atoms with Crippen molar-refractivity contribution in [2.24, 2.45) is 0 Å². The molecule has 0 unspecified atom stereocenters. The summed E-state index contributed by atoms with van der Waals surface area (Å²) in [6.45, 7) is 0. The van der Waals surface area contributed by atoms with E-state index in [1.165, 1.54) is 10.8 Å². The van der Waals surface area contributed by atoms with Crippen molar-refractivity contribution >= 4 is 33.6 Å². The highest BCUT2D eigenvalue weighted by atomic mass is 15.1. The molecule has 3 N–H and O–H groups in total. The number of imidazole rings is 1. The Morgan fingerprint density at radius 3 is 2.56 bits per heavy atom. The first-order valence-electron chi connectivity index (χ1n) is 8.72. The van der Waals surface area contributed by atoms with Gasteiger partial charge in [-0.1, -0.05) is 36.4 Å². The van der Waals surface area contributed by atoms with Gasteiger partial charge in [0, 0.05) is 35.5 Å². The van der Waals surface area contributed by atoms with Gasteiger partial charge in [-0.05, 0) is 41.1 Å². The normalized spacial score (nSPS) is 11.1. The SMILES string of the molecule is Nc1ccc(Nc2nccn3cc(-c4ccc5ccccc5c4)nc23)cc1. The number of rotatable bonds is 3. The van der Waals surface area contributed by atoms with Gasteiger partial charge in [0.1, 0.15) is 0 Å². The molecule has 130 valence electrons. The predicted octanol–water partition coefficient (Wildman–Crippen LogP) is 4.88. The smallest absolute Gasteiger partial charge is 0.181 e. The highest BCUT2D eigenvalue weighted by Gasteiger charge is 2.10. The number of anilines is 3. The van der Waals surface area contributed by atoms with E-state index >= 15 is 0 Å². The zero-order valence-corrected chi connectivity index (χ0v) is 14.5. The van der Waals surface area contributed by atoms with E-state index in [1.807, 2.05) is 53.2 Å². The van der Waals surface area contributed by atoms with Crippen molar-refractivity contribution in [3.63, 3.8) is 0 Å². The van der Waals surface area contributed by atoms with Crippen LogP contribution in [0.3, 0.4) is 0 Å². The second-order valence-electron chi connectivity index (χ2n) is 6.44. The van der Waals surface area contributed by atoms with E-state index in [4.69, 9.17) is 10.7 Å². The summed E-state index contributed by atoms with van der Waals surface area (Å²) in [5, 5.41) is 5.74. The van der Waals surface area contributed by atoms with Crippen LogP contribution in [0.15, 0.2) is 85.3 Å². The fourth-order valence-electron chi connectivity index (χ4n) is 3.20. The maximum absolute atomic E-state index is 5.76. The van der Waals surface area contributed by atoms with Gasteiger partial charge < -0.3 is 15.5 Å². The summed E-state index contributed by atoms with van der Waals surface area (Å²) in [7, 11) is 0. The van der Waals surface area contributed by atoms with Gasteiger partial charge >= 0.3 is 0 Å². The quantitative estimate of drug-likeness (QED) is 0.455. The average molecular weight is 351 g/mol. The summed E-state index contributed by atoms with van der Waals surface area (Å²) in [5.74, 6) is 0.703. The molecule has 0 saturated carbocycles. The number of aromatic nitrogens is 3. The number of nitrogens with zero attached hydrogens (tertiary/aromatic N) is 3. The van der Waals surface area contributed by atoms with Crippen LogP contribution in [0.5, 0.6) is 0 Å². The van der Waals surface area contributed by atoms with Crippen LogP contribution in [0.25, 0.3) is 27.7 Å². The zero-order valence-electron chi connectivity index (χ0n) is 14.5. The molecule has 0 saturated heterocycles. The van der Waals surface area contributed by atoms with Gasteiger partial charge in [0.05, 0.1) is 5.69 Å². The van der Waals surface area contributed by atoms with Crippen molar-refractivity contribution in [1.82, 2.24) is 14.4 Å². The first kappa shape index (κ1) is 15.4. The monoisotopic (exact) mass is 351 g/mol. The number of nitrogens with one attached hydrogen (secondary N) is 1. The van der Waals surface area contributed by atoms with Crippen LogP contribution in [0, 0.1) is 0 Å². The molecule has 0 bridgehead atoms. The van der Waals surface area contributed by atoms with Crippen LogP contribution in [0.4, 0.5) is 17.2 Å². The van der Waals surface area contributed by atoms with Gasteiger partial charge in [-0.3, -0.25) is 0 Å². The first-order chi connectivity index (χ1) is 13.3. The first-order valence-corrected chi connectivity index (χ1v) is 8.72. The summed E-state index contributed by atoms with van der Waals surface area (Å²) in [6.07, 6.45) is 5.69. The van der Waals surface area contributed by atoms with Crippen LogP contribution in [-0.4, -0.2) is 14.4 Å². The summed E-state index contributed by atoms with van der Waals surface area (Å²) < 4.78 is 1.98. The Hall–Kier alpha value is -3.86. The molecule has 2 aromatic heterocycles. The van der Waals surface area contributed by atoms with Gasteiger partial charge in [0.15, 0.2) is 11.5 Å². The maximum Gasteiger partial charge on any atom is 0.181 e. The molecule has 2 heterocycles. The average Bonchev–Trinajstić information content (AvgIpc) is 3.15. The zero-order chi connectivity index (χ0) is 18.2. The van der Waals surface area contributed by atoms with Gasteiger partial charge in [0.25, 0.3) is 0 Å². The minimum Gasteiger partial charge on any atom is -0.399 e. The third-order valence-electron chi connectivity index (χ3n) is 4.59. The molecule has 5 nitrogen and oxygen atoms in total. The lowest BCUT2D eigenvalue weighted by molar-refractivity contribution is 1.13. The Kier molecular flexibility index (Phi) is 3.50. The van der Waals surface area contributed by atoms with Gasteiger partial charge in [-0.15, -0.1) is 0 Å². The van der Waals surface area contributed by atoms with Gasteiger partial charge in [-0.25, -0.2) is 9.97 Å². The Morgan fingerprint density at radius 2 is 1.70 bits per heavy atom. The Balaban J connectivity index is 1.57. The summed E-state index contributed by atoms with van der Waals surface area (Å²) in [4.78, 5) is 9.27. The molecule has 0 spiro atoms. The van der Waals surface area contributed by atoms with Gasteiger partial charge in [0.2, 0.25) is 0 Å². The number of hydrogen-bond donors (Lipinski definition) is 2. The molecule has 0 aliphatic carbocycles. The van der Waals surface area contributed by atoms with Crippen molar-refractivity contribution in [3.05, 3.63) is 85.3 Å². The van der Waals surface area contributed by atoms with E-state index in [1.54, 1.807) is 6.20 Å². The fourth-order valence-corrected chi connectivity index (χ4v) is 3.20. The molecular formula is C22H17N5. The van der Waals surface area contributed by atoms with Crippen molar-refractivity contribution in [1.29, 1.82) is 0 Å². The molecule has 0 aliphatic heterocycles. The number of fused-ring (bicyclic) bond motifs is 2. The molecule has 3 aromatic carbocycles. The summed E-state index contributed by atoms with van der Waals surface area (Å²) in [5.41, 5.74) is 10.2. The van der Waals surface area contributed by atoms with E-state index in [0.29, 0.717) is 5.82 Å². The minimum absolute atomic E-state index is 0.703. The lowest BCUT2D eigenvalue weighted by Crippen LogP contribution is -1.97. The van der Waals surface area contributed by atoms with E-state index < -0.39 is 0 Å². The Bertz CT molecular complexity index is 1250. The topological polar surface area (TPSA) is 68.2 Å². The van der Waals surface area contributed by atoms with E-state index in [2.05, 4.69) is 40.6 Å². The third-order valence-corrected chi connectivity index (χ3v) is 4.59. The lowest BCUT2D eigenvalue weighted by Gasteiger charge is -2.06. The number of nitrogen functional groups attached to an aromatic ring is 1. The van der Waals surface area contributed by atoms with Crippen LogP contribution >= 0.6 is 0 Å². The molecule has 0 radical (unpaired) electrons. The molecule has 27 heavy (non-hydrogen) atoms. The molecule has 0 amide bonds. The largest absolute Gasteiger partial charge is 0.399 e. The third kappa shape index (κ3) is 2.85. The molecule has 5 rings (SSSR count). The highest BCUT2D eigenvalue weighted by molar-refractivity contribution is 5.87. The molecule has 5 aromatic rings. The molecular weight excluding hydrogens is 334 g/mol. The molecule has 5 heteroatoms. The number of nitrogens with two attached hydrogens (primary N) is 1. The van der Waals surface area contributed by atoms with E-state index in [-0.39, 0.29) is 0 Å². The Morgan fingerprint density at radius 1 is 0.889 bits per heavy atom. The van der Waals surface area contributed by atoms with E-state index in [0.717, 1.165) is 28.3 Å². The number of hydrogen-bond acceptors (Lipinski definition) is 4. The predicted molar refractivity (Wildman–Crippen MR) is 110 cm³/mol. The molecule has 0 aliphatic rings. The maximum atomic E-state index is 5.76. The van der Waals surface area contributed by atoms with Gasteiger partial charge in [-0.2, -0.15) is 0 Å². The Labute approximate surface area is 156 Å². The van der Waals surface area contributed by atoms with Crippen molar-refractivity contribution in [2.75, 3.05) is 11.1 Å². The highest BCUT2D eigenvalue weighted by Crippen LogP contribution is 2.26.